The first kappa shape index (κ1) is 22.7. The molecular formula is C26H27F2N3O2. The van der Waals surface area contributed by atoms with Gasteiger partial charge < -0.3 is 15.0 Å². The van der Waals surface area contributed by atoms with Gasteiger partial charge in [-0.25, -0.2) is 0 Å². The third kappa shape index (κ3) is 6.29. The number of nitrogens with zero attached hydrogens (tertiary/aromatic N) is 2. The molecule has 1 fully saturated rings. The lowest BCUT2D eigenvalue weighted by atomic mass is 10.1. The Labute approximate surface area is 192 Å². The number of halogens is 2. The van der Waals surface area contributed by atoms with E-state index < -0.39 is 6.61 Å². The van der Waals surface area contributed by atoms with E-state index in [9.17, 15) is 13.6 Å². The molecule has 3 aromatic rings. The van der Waals surface area contributed by atoms with Crippen LogP contribution in [0.5, 0.6) is 5.75 Å². The second-order valence-electron chi connectivity index (χ2n) is 7.95. The van der Waals surface area contributed by atoms with Gasteiger partial charge in [-0.05, 0) is 47.5 Å². The van der Waals surface area contributed by atoms with E-state index in [4.69, 9.17) is 0 Å². The van der Waals surface area contributed by atoms with E-state index in [1.54, 1.807) is 0 Å². The third-order valence-electron chi connectivity index (χ3n) is 5.79. The summed E-state index contributed by atoms with van der Waals surface area (Å²) in [4.78, 5) is 17.3. The number of ether oxygens (including phenoxy) is 1. The van der Waals surface area contributed by atoms with Crippen LogP contribution in [0, 0.1) is 0 Å². The fraction of sp³-hybridized carbons (Fsp3) is 0.269. The Morgan fingerprint density at radius 2 is 1.48 bits per heavy atom. The molecule has 172 valence electrons. The number of piperazine rings is 1. The van der Waals surface area contributed by atoms with Crippen molar-refractivity contribution >= 4 is 11.6 Å². The van der Waals surface area contributed by atoms with Gasteiger partial charge in [-0.2, -0.15) is 8.78 Å². The molecule has 0 unspecified atom stereocenters. The quantitative estimate of drug-likeness (QED) is 0.546. The molecule has 1 N–H and O–H groups in total. The predicted molar refractivity (Wildman–Crippen MR) is 125 cm³/mol. The first-order valence-corrected chi connectivity index (χ1v) is 11.0. The zero-order chi connectivity index (χ0) is 23.0. The summed E-state index contributed by atoms with van der Waals surface area (Å²) in [5.41, 5.74) is 3.90. The van der Waals surface area contributed by atoms with Crippen LogP contribution in [0.3, 0.4) is 0 Å². The minimum Gasteiger partial charge on any atom is -0.435 e. The third-order valence-corrected chi connectivity index (χ3v) is 5.79. The Bertz CT molecular complexity index is 1040. The largest absolute Gasteiger partial charge is 0.435 e. The fourth-order valence-corrected chi connectivity index (χ4v) is 3.99. The lowest BCUT2D eigenvalue weighted by Gasteiger charge is -2.36. The van der Waals surface area contributed by atoms with Crippen molar-refractivity contribution in [1.29, 1.82) is 0 Å². The number of rotatable bonds is 8. The second-order valence-corrected chi connectivity index (χ2v) is 7.95. The van der Waals surface area contributed by atoms with Crippen LogP contribution in [0.15, 0.2) is 78.9 Å². The minimum absolute atomic E-state index is 0.0271. The maximum atomic E-state index is 12.5. The van der Waals surface area contributed by atoms with Crippen LogP contribution in [0.25, 0.3) is 0 Å². The van der Waals surface area contributed by atoms with Gasteiger partial charge in [0.25, 0.3) is 5.91 Å². The molecule has 1 saturated heterocycles. The lowest BCUT2D eigenvalue weighted by Crippen LogP contribution is -2.46. The molecule has 0 aromatic heterocycles. The molecule has 0 radical (unpaired) electrons. The Hall–Kier alpha value is -3.45. The maximum Gasteiger partial charge on any atom is 0.387 e. The van der Waals surface area contributed by atoms with Gasteiger partial charge in [0.15, 0.2) is 0 Å². The Balaban J connectivity index is 1.31. The molecule has 1 aliphatic rings. The van der Waals surface area contributed by atoms with Gasteiger partial charge in [0, 0.05) is 50.5 Å². The average Bonchev–Trinajstić information content (AvgIpc) is 2.84. The van der Waals surface area contributed by atoms with Gasteiger partial charge in [-0.15, -0.1) is 0 Å². The van der Waals surface area contributed by atoms with Crippen molar-refractivity contribution in [3.63, 3.8) is 0 Å². The number of nitrogens with one attached hydrogen (secondary N) is 1. The Morgan fingerprint density at radius 1 is 0.848 bits per heavy atom. The van der Waals surface area contributed by atoms with Crippen molar-refractivity contribution in [2.24, 2.45) is 0 Å². The highest BCUT2D eigenvalue weighted by Gasteiger charge is 2.18. The molecule has 33 heavy (non-hydrogen) atoms. The molecule has 0 bridgehead atoms. The van der Waals surface area contributed by atoms with Crippen LogP contribution >= 0.6 is 0 Å². The molecule has 1 amide bonds. The molecule has 3 aromatic carbocycles. The predicted octanol–water partition coefficient (Wildman–Crippen LogP) is 4.54. The topological polar surface area (TPSA) is 44.8 Å². The second kappa shape index (κ2) is 10.9. The summed E-state index contributed by atoms with van der Waals surface area (Å²) in [6.45, 7) is 2.25. The Kier molecular flexibility index (Phi) is 7.52. The van der Waals surface area contributed by atoms with Crippen molar-refractivity contribution in [1.82, 2.24) is 10.2 Å². The van der Waals surface area contributed by atoms with Gasteiger partial charge in [-0.1, -0.05) is 42.5 Å². The van der Waals surface area contributed by atoms with Crippen LogP contribution in [0.2, 0.25) is 0 Å². The van der Waals surface area contributed by atoms with Crippen LogP contribution in [0.1, 0.15) is 21.5 Å². The van der Waals surface area contributed by atoms with E-state index in [2.05, 4.69) is 50.2 Å². The molecule has 0 atom stereocenters. The summed E-state index contributed by atoms with van der Waals surface area (Å²) in [5, 5.41) is 2.93. The van der Waals surface area contributed by atoms with Crippen LogP contribution < -0.4 is 15.0 Å². The number of hydrogen-bond acceptors (Lipinski definition) is 4. The minimum atomic E-state index is -2.89. The number of benzene rings is 3. The summed E-state index contributed by atoms with van der Waals surface area (Å²) >= 11 is 0. The molecule has 1 aliphatic heterocycles. The van der Waals surface area contributed by atoms with Crippen LogP contribution in [0.4, 0.5) is 14.5 Å². The zero-order valence-corrected chi connectivity index (χ0v) is 18.3. The average molecular weight is 452 g/mol. The van der Waals surface area contributed by atoms with Crippen molar-refractivity contribution in [2.45, 2.75) is 19.7 Å². The number of amides is 1. The van der Waals surface area contributed by atoms with Crippen molar-refractivity contribution in [2.75, 3.05) is 31.1 Å². The van der Waals surface area contributed by atoms with E-state index in [1.165, 1.54) is 35.5 Å². The number of anilines is 1. The zero-order valence-electron chi connectivity index (χ0n) is 18.3. The highest BCUT2D eigenvalue weighted by atomic mass is 19.3. The van der Waals surface area contributed by atoms with E-state index in [0.717, 1.165) is 38.3 Å². The van der Waals surface area contributed by atoms with E-state index in [0.29, 0.717) is 12.1 Å². The van der Waals surface area contributed by atoms with Gasteiger partial charge in [0.2, 0.25) is 0 Å². The van der Waals surface area contributed by atoms with Crippen LogP contribution in [-0.2, 0) is 13.1 Å². The smallest absolute Gasteiger partial charge is 0.387 e. The van der Waals surface area contributed by atoms with E-state index in [-0.39, 0.29) is 11.7 Å². The molecule has 0 aliphatic carbocycles. The molecule has 0 saturated carbocycles. The number of para-hydroxylation sites is 1. The normalized spacial score (nSPS) is 14.3. The number of alkyl halides is 2. The number of carbonyl (C=O) groups is 1. The van der Waals surface area contributed by atoms with Gasteiger partial charge in [-0.3, -0.25) is 9.69 Å². The molecule has 7 heteroatoms. The molecular weight excluding hydrogens is 424 g/mol. The number of hydrogen-bond donors (Lipinski definition) is 1. The summed E-state index contributed by atoms with van der Waals surface area (Å²) < 4.78 is 28.9. The van der Waals surface area contributed by atoms with E-state index >= 15 is 0 Å². The summed E-state index contributed by atoms with van der Waals surface area (Å²) in [5.74, 6) is -0.232. The SMILES string of the molecule is O=C(NCc1ccccc1CN1CCN(c2ccccc2)CC1)c1ccc(OC(F)F)cc1. The van der Waals surface area contributed by atoms with Crippen molar-refractivity contribution < 1.29 is 18.3 Å². The van der Waals surface area contributed by atoms with E-state index in [1.807, 2.05) is 24.3 Å². The van der Waals surface area contributed by atoms with Crippen molar-refractivity contribution in [3.05, 3.63) is 95.6 Å². The van der Waals surface area contributed by atoms with Gasteiger partial charge >= 0.3 is 6.61 Å². The molecule has 1 heterocycles. The summed E-state index contributed by atoms with van der Waals surface area (Å²) in [6, 6.07) is 24.3. The highest BCUT2D eigenvalue weighted by molar-refractivity contribution is 5.94. The fourth-order valence-electron chi connectivity index (χ4n) is 3.99. The standard InChI is InChI=1S/C26H27F2N3O2/c27-26(28)33-24-12-10-20(11-13-24)25(32)29-18-21-6-4-5-7-22(21)19-30-14-16-31(17-15-30)23-8-2-1-3-9-23/h1-13,26H,14-19H2,(H,29,32). The van der Waals surface area contributed by atoms with Gasteiger partial charge in [0.1, 0.15) is 5.75 Å². The molecule has 0 spiro atoms. The van der Waals surface area contributed by atoms with Crippen LogP contribution in [-0.4, -0.2) is 43.6 Å². The van der Waals surface area contributed by atoms with Gasteiger partial charge in [0.05, 0.1) is 0 Å². The highest BCUT2D eigenvalue weighted by Crippen LogP contribution is 2.19. The first-order valence-electron chi connectivity index (χ1n) is 11.0. The first-order chi connectivity index (χ1) is 16.1. The molecule has 5 nitrogen and oxygen atoms in total. The summed E-state index contributed by atoms with van der Waals surface area (Å²) in [6.07, 6.45) is 0. The monoisotopic (exact) mass is 451 g/mol. The number of carbonyl (C=O) groups excluding carboxylic acids is 1. The van der Waals surface area contributed by atoms with Crippen molar-refractivity contribution in [3.8, 4) is 5.75 Å². The lowest BCUT2D eigenvalue weighted by molar-refractivity contribution is -0.0498. The summed E-state index contributed by atoms with van der Waals surface area (Å²) in [7, 11) is 0. The maximum absolute atomic E-state index is 12.5. The Morgan fingerprint density at radius 3 is 2.15 bits per heavy atom. The molecule has 4 rings (SSSR count).